The molecule has 0 atom stereocenters. The van der Waals surface area contributed by atoms with Crippen molar-refractivity contribution < 1.29 is 4.79 Å². The Labute approximate surface area is 147 Å². The molecule has 6 heteroatoms. The maximum atomic E-state index is 12.3. The van der Waals surface area contributed by atoms with Crippen LogP contribution in [0.3, 0.4) is 0 Å². The lowest BCUT2D eigenvalue weighted by Crippen LogP contribution is -2.25. The van der Waals surface area contributed by atoms with Crippen LogP contribution in [0.5, 0.6) is 0 Å². The van der Waals surface area contributed by atoms with Crippen molar-refractivity contribution in [3.05, 3.63) is 75.8 Å². The van der Waals surface area contributed by atoms with Gasteiger partial charge in [-0.25, -0.2) is 0 Å². The Morgan fingerprint density at radius 3 is 2.71 bits per heavy atom. The fourth-order valence-electron chi connectivity index (χ4n) is 2.96. The summed E-state index contributed by atoms with van der Waals surface area (Å²) in [6.07, 6.45) is 1.84. The van der Waals surface area contributed by atoms with Gasteiger partial charge in [0.2, 0.25) is 0 Å². The molecule has 1 aromatic heterocycles. The highest BCUT2D eigenvalue weighted by atomic mass is 79.9. The SMILES string of the molecule is O=C(NCc1nnc2n1-c1ccccc1CC2)c1ccc(Br)cc1. The highest BCUT2D eigenvalue weighted by molar-refractivity contribution is 9.10. The van der Waals surface area contributed by atoms with E-state index in [0.29, 0.717) is 12.1 Å². The van der Waals surface area contributed by atoms with E-state index in [-0.39, 0.29) is 5.91 Å². The van der Waals surface area contributed by atoms with Crippen LogP contribution in [-0.4, -0.2) is 20.7 Å². The summed E-state index contributed by atoms with van der Waals surface area (Å²) in [4.78, 5) is 12.3. The van der Waals surface area contributed by atoms with Crippen molar-refractivity contribution in [2.75, 3.05) is 0 Å². The minimum absolute atomic E-state index is 0.121. The molecule has 4 rings (SSSR count). The second-order valence-electron chi connectivity index (χ2n) is 5.69. The number of amides is 1. The third-order valence-corrected chi connectivity index (χ3v) is 4.69. The van der Waals surface area contributed by atoms with Crippen molar-refractivity contribution in [2.45, 2.75) is 19.4 Å². The van der Waals surface area contributed by atoms with Crippen LogP contribution in [0.4, 0.5) is 0 Å². The smallest absolute Gasteiger partial charge is 0.251 e. The fraction of sp³-hybridized carbons (Fsp3) is 0.167. The topological polar surface area (TPSA) is 59.8 Å². The molecule has 120 valence electrons. The molecule has 0 unspecified atom stereocenters. The average Bonchev–Trinajstić information content (AvgIpc) is 3.04. The Morgan fingerprint density at radius 2 is 1.88 bits per heavy atom. The average molecular weight is 383 g/mol. The van der Waals surface area contributed by atoms with Gasteiger partial charge in [-0.05, 0) is 42.3 Å². The van der Waals surface area contributed by atoms with Crippen LogP contribution in [0.25, 0.3) is 5.69 Å². The van der Waals surface area contributed by atoms with Gasteiger partial charge in [-0.1, -0.05) is 34.1 Å². The number of rotatable bonds is 3. The third-order valence-electron chi connectivity index (χ3n) is 4.16. The van der Waals surface area contributed by atoms with E-state index in [1.807, 2.05) is 24.3 Å². The van der Waals surface area contributed by atoms with Crippen LogP contribution in [0.15, 0.2) is 53.0 Å². The maximum Gasteiger partial charge on any atom is 0.251 e. The highest BCUT2D eigenvalue weighted by Crippen LogP contribution is 2.24. The summed E-state index contributed by atoms with van der Waals surface area (Å²) in [6.45, 7) is 0.343. The number of halogens is 1. The second kappa shape index (κ2) is 6.20. The Balaban J connectivity index is 1.56. The molecule has 5 nitrogen and oxygen atoms in total. The van der Waals surface area contributed by atoms with E-state index >= 15 is 0 Å². The summed E-state index contributed by atoms with van der Waals surface area (Å²) in [5, 5.41) is 11.5. The Kier molecular flexibility index (Phi) is 3.90. The number of nitrogens with zero attached hydrogens (tertiary/aromatic N) is 3. The lowest BCUT2D eigenvalue weighted by atomic mass is 10.0. The molecule has 0 saturated heterocycles. The summed E-state index contributed by atoms with van der Waals surface area (Å²) in [6, 6.07) is 15.5. The van der Waals surface area contributed by atoms with Gasteiger partial charge >= 0.3 is 0 Å². The molecule has 0 spiro atoms. The Hall–Kier alpha value is -2.47. The summed E-state index contributed by atoms with van der Waals surface area (Å²) in [7, 11) is 0. The molecule has 2 heterocycles. The molecule has 0 fully saturated rings. The van der Waals surface area contributed by atoms with Gasteiger partial charge in [0.05, 0.1) is 12.2 Å². The zero-order chi connectivity index (χ0) is 16.5. The van der Waals surface area contributed by atoms with Gasteiger partial charge < -0.3 is 5.32 Å². The van der Waals surface area contributed by atoms with E-state index < -0.39 is 0 Å². The van der Waals surface area contributed by atoms with Crippen molar-refractivity contribution in [1.82, 2.24) is 20.1 Å². The van der Waals surface area contributed by atoms with Gasteiger partial charge in [-0.3, -0.25) is 9.36 Å². The van der Waals surface area contributed by atoms with Crippen LogP contribution in [0, 0.1) is 0 Å². The van der Waals surface area contributed by atoms with Gasteiger partial charge in [0.15, 0.2) is 5.82 Å². The molecule has 24 heavy (non-hydrogen) atoms. The lowest BCUT2D eigenvalue weighted by Gasteiger charge is -2.19. The number of hydrogen-bond acceptors (Lipinski definition) is 3. The number of carbonyl (C=O) groups is 1. The lowest BCUT2D eigenvalue weighted by molar-refractivity contribution is 0.0949. The Morgan fingerprint density at radius 1 is 1.08 bits per heavy atom. The zero-order valence-corrected chi connectivity index (χ0v) is 14.5. The fourth-order valence-corrected chi connectivity index (χ4v) is 3.22. The highest BCUT2D eigenvalue weighted by Gasteiger charge is 2.21. The molecule has 1 aliphatic heterocycles. The molecule has 0 bridgehead atoms. The summed E-state index contributed by atoms with van der Waals surface area (Å²) in [5.41, 5.74) is 3.01. The van der Waals surface area contributed by atoms with Crippen LogP contribution in [0.1, 0.15) is 27.6 Å². The van der Waals surface area contributed by atoms with E-state index in [2.05, 4.69) is 48.1 Å². The quantitative estimate of drug-likeness (QED) is 0.756. The van der Waals surface area contributed by atoms with E-state index in [0.717, 1.165) is 34.7 Å². The number of para-hydroxylation sites is 1. The van der Waals surface area contributed by atoms with Crippen LogP contribution >= 0.6 is 15.9 Å². The number of aromatic nitrogens is 3. The predicted molar refractivity (Wildman–Crippen MR) is 94.1 cm³/mol. The molecule has 2 aromatic carbocycles. The molecule has 1 aliphatic rings. The van der Waals surface area contributed by atoms with Gasteiger partial charge in [-0.15, -0.1) is 10.2 Å². The molecule has 0 saturated carbocycles. The molecule has 0 radical (unpaired) electrons. The first-order chi connectivity index (χ1) is 11.7. The summed E-state index contributed by atoms with van der Waals surface area (Å²) in [5.74, 6) is 1.58. The van der Waals surface area contributed by atoms with Crippen molar-refractivity contribution in [3.8, 4) is 5.69 Å². The van der Waals surface area contributed by atoms with E-state index in [1.165, 1.54) is 5.56 Å². The predicted octanol–water partition coefficient (Wildman–Crippen LogP) is 3.06. The molecule has 1 amide bonds. The standard InChI is InChI=1S/C18H15BrN4O/c19-14-8-5-13(6-9-14)18(24)20-11-17-22-21-16-10-7-12-3-1-2-4-15(12)23(16)17/h1-6,8-9H,7,10-11H2,(H,20,24). The van der Waals surface area contributed by atoms with Crippen LogP contribution in [0.2, 0.25) is 0 Å². The number of carbonyl (C=O) groups excluding carboxylic acids is 1. The van der Waals surface area contributed by atoms with E-state index in [1.54, 1.807) is 12.1 Å². The molecule has 1 N–H and O–H groups in total. The number of fused-ring (bicyclic) bond motifs is 3. The number of benzene rings is 2. The zero-order valence-electron chi connectivity index (χ0n) is 12.9. The van der Waals surface area contributed by atoms with Crippen molar-refractivity contribution in [2.24, 2.45) is 0 Å². The Bertz CT molecular complexity index is 902. The van der Waals surface area contributed by atoms with Crippen LogP contribution in [-0.2, 0) is 19.4 Å². The molecular weight excluding hydrogens is 368 g/mol. The molecule has 0 aliphatic carbocycles. The van der Waals surface area contributed by atoms with Crippen molar-refractivity contribution in [3.63, 3.8) is 0 Å². The van der Waals surface area contributed by atoms with Crippen molar-refractivity contribution in [1.29, 1.82) is 0 Å². The summed E-state index contributed by atoms with van der Waals surface area (Å²) >= 11 is 3.37. The number of nitrogens with one attached hydrogen (secondary N) is 1. The van der Waals surface area contributed by atoms with Crippen LogP contribution < -0.4 is 5.32 Å². The van der Waals surface area contributed by atoms with Crippen molar-refractivity contribution >= 4 is 21.8 Å². The van der Waals surface area contributed by atoms with Gasteiger partial charge in [0.1, 0.15) is 5.82 Å². The summed E-state index contributed by atoms with van der Waals surface area (Å²) < 4.78 is 3.00. The minimum Gasteiger partial charge on any atom is -0.345 e. The number of aryl methyl sites for hydroxylation is 2. The van der Waals surface area contributed by atoms with Gasteiger partial charge in [0, 0.05) is 16.5 Å². The van der Waals surface area contributed by atoms with Gasteiger partial charge in [-0.2, -0.15) is 0 Å². The first-order valence-corrected chi connectivity index (χ1v) is 8.57. The van der Waals surface area contributed by atoms with Gasteiger partial charge in [0.25, 0.3) is 5.91 Å². The normalized spacial score (nSPS) is 12.4. The number of hydrogen-bond donors (Lipinski definition) is 1. The molecular formula is C18H15BrN4O. The monoisotopic (exact) mass is 382 g/mol. The first kappa shape index (κ1) is 15.1. The second-order valence-corrected chi connectivity index (χ2v) is 6.60. The maximum absolute atomic E-state index is 12.3. The molecule has 3 aromatic rings. The largest absolute Gasteiger partial charge is 0.345 e. The van der Waals surface area contributed by atoms with E-state index in [9.17, 15) is 4.79 Å². The minimum atomic E-state index is -0.121. The van der Waals surface area contributed by atoms with E-state index in [4.69, 9.17) is 0 Å². The third kappa shape index (κ3) is 2.73. The first-order valence-electron chi connectivity index (χ1n) is 7.77.